The van der Waals surface area contributed by atoms with Crippen LogP contribution in [0.3, 0.4) is 0 Å². The van der Waals surface area contributed by atoms with Crippen LogP contribution in [0.2, 0.25) is 0 Å². The zero-order valence-corrected chi connectivity index (χ0v) is 83.7. The summed E-state index contributed by atoms with van der Waals surface area (Å²) in [5.74, 6) is -0.611. The first-order valence-electron chi connectivity index (χ1n) is 50.4. The van der Waals surface area contributed by atoms with Gasteiger partial charge in [0.15, 0.2) is 23.0 Å². The fourth-order valence-electron chi connectivity index (χ4n) is 22.8. The number of hydrogen-bond acceptors (Lipinski definition) is 19. The highest BCUT2D eigenvalue weighted by molar-refractivity contribution is 6.04. The van der Waals surface area contributed by atoms with Gasteiger partial charge in [0.2, 0.25) is 23.6 Å². The van der Waals surface area contributed by atoms with Gasteiger partial charge in [-0.3, -0.25) is 63.3 Å². The van der Waals surface area contributed by atoms with Crippen LogP contribution in [-0.4, -0.2) is 170 Å². The summed E-state index contributed by atoms with van der Waals surface area (Å²) in [6.45, 7) is 10.7. The van der Waals surface area contributed by atoms with E-state index in [1.165, 1.54) is 91.1 Å². The Morgan fingerprint density at radius 1 is 0.436 bits per heavy atom. The molecule has 8 aromatic carbocycles. The average molecular weight is 1990 g/mol. The summed E-state index contributed by atoms with van der Waals surface area (Å²) < 4.78 is 43.5. The van der Waals surface area contributed by atoms with Crippen LogP contribution in [-0.2, 0) is 90.0 Å². The third-order valence-corrected chi connectivity index (χ3v) is 30.4. The smallest absolute Gasteiger partial charge is 0.291 e. The summed E-state index contributed by atoms with van der Waals surface area (Å²) in [5, 5.41) is 16.4. The molecule has 28 heteroatoms. The number of rotatable bonds is 20. The quantitative estimate of drug-likeness (QED) is 0.0473. The van der Waals surface area contributed by atoms with E-state index >= 15 is 0 Å². The number of likely N-dealkylation sites (N-methyl/N-ethyl adjacent to an activating group) is 4. The fraction of sp³-hybridized carbons (Fsp3) is 0.248. The van der Waals surface area contributed by atoms with Gasteiger partial charge < -0.3 is 68.6 Å². The number of aryl methyl sites for hydroxylation is 6. The summed E-state index contributed by atoms with van der Waals surface area (Å²) in [5.41, 5.74) is 29.5. The zero-order valence-electron chi connectivity index (χ0n) is 83.7. The number of halogens is 1. The average Bonchev–Trinajstić information content (AvgIpc) is 1.58. The number of nitrogens with one attached hydrogen (secondary N) is 5. The monoisotopic (exact) mass is 1990 g/mol. The number of carbonyl (C=O) groups is 8. The number of aromatic nitrogens is 4. The third kappa shape index (κ3) is 19.2. The molecule has 12 heterocycles. The molecule has 9 aliphatic rings. The minimum absolute atomic E-state index is 0.0897. The number of amides is 8. The first-order valence-corrected chi connectivity index (χ1v) is 50.4. The zero-order chi connectivity index (χ0) is 103. The van der Waals surface area contributed by atoms with Crippen LogP contribution in [0.15, 0.2) is 319 Å². The molecule has 1 unspecified atom stereocenters. The van der Waals surface area contributed by atoms with E-state index in [4.69, 9.17) is 22.4 Å². The number of ether oxygens (including phenoxy) is 1. The van der Waals surface area contributed by atoms with Crippen molar-refractivity contribution >= 4 is 120 Å². The SMILES string of the molecule is C=C1C=Nc2cc(CCc3ccoc3C(=O)N3CC4=C(C[C@@H]3C(=O)NC)c3ccccc3C4)ccc2N1.CNC(=O)[C@H]1CC2=C(Cc3cccc(F)c32)CN1C(=O)c1occc1COc1ccc2nccnc2c1.CNC(=O)[C@H]1CC2=C(Cc3ccccc32)C(C)(C)N1C(=O)c1occc1CCc1ccc2cccnc2c1.CNC(=O)[C@H]1CC2=C(Cc3ccccc32)C(C)N1C(=O)c1occc1CCc1ccc2cccnc2c1. The van der Waals surface area contributed by atoms with Gasteiger partial charge in [0, 0.05) is 142 Å². The number of nitrogens with zero attached hydrogens (tertiary/aromatic N) is 9. The van der Waals surface area contributed by atoms with Gasteiger partial charge >= 0.3 is 0 Å². The van der Waals surface area contributed by atoms with E-state index < -0.39 is 35.6 Å². The Balaban J connectivity index is 0.000000116. The van der Waals surface area contributed by atoms with E-state index in [1.807, 2.05) is 124 Å². The van der Waals surface area contributed by atoms with Gasteiger partial charge in [0.25, 0.3) is 23.6 Å². The number of benzene rings is 8. The van der Waals surface area contributed by atoms with Crippen molar-refractivity contribution < 1.29 is 65.2 Å². The number of fused-ring (bicyclic) bond motifs is 12. The summed E-state index contributed by atoms with van der Waals surface area (Å²) in [6.07, 6.45) is 23.5. The van der Waals surface area contributed by atoms with Gasteiger partial charge in [-0.25, -0.2) is 4.39 Å². The van der Waals surface area contributed by atoms with Gasteiger partial charge in [0.1, 0.15) is 42.3 Å². The second kappa shape index (κ2) is 41.7. The van der Waals surface area contributed by atoms with Gasteiger partial charge in [0.05, 0.1) is 76.3 Å². The molecular weight excluding hydrogens is 1880 g/mol. The largest absolute Gasteiger partial charge is 0.489 e. The number of pyridine rings is 2. The molecule has 0 saturated heterocycles. The Labute approximate surface area is 860 Å². The van der Waals surface area contributed by atoms with E-state index in [0.717, 1.165) is 133 Å². The second-order valence-corrected chi connectivity index (χ2v) is 39.3. The van der Waals surface area contributed by atoms with Crippen molar-refractivity contribution in [1.29, 1.82) is 0 Å². The van der Waals surface area contributed by atoms with E-state index in [1.54, 1.807) is 110 Å². The minimum atomic E-state index is -0.792. The van der Waals surface area contributed by atoms with Crippen molar-refractivity contribution in [2.45, 2.75) is 153 Å². The van der Waals surface area contributed by atoms with Gasteiger partial charge in [-0.2, -0.15) is 0 Å². The van der Waals surface area contributed by atoms with E-state index in [2.05, 4.69) is 137 Å². The van der Waals surface area contributed by atoms with Gasteiger partial charge in [-0.1, -0.05) is 134 Å². The highest BCUT2D eigenvalue weighted by atomic mass is 19.1. The Kier molecular flexibility index (Phi) is 27.3. The number of furan rings is 4. The number of allylic oxidation sites excluding steroid dienone is 1. The summed E-state index contributed by atoms with van der Waals surface area (Å²) in [7, 11) is 6.39. The molecule has 5 atom stereocenters. The Morgan fingerprint density at radius 2 is 0.906 bits per heavy atom. The number of carbonyl (C=O) groups excluding carboxylic acids is 8. The number of hydrogen-bond donors (Lipinski definition) is 5. The van der Waals surface area contributed by atoms with Crippen LogP contribution < -0.4 is 31.3 Å². The molecule has 7 aromatic heterocycles. The topological polar surface area (TPSA) is 335 Å². The molecular formula is C121H111FN14O13. The minimum Gasteiger partial charge on any atom is -0.489 e. The lowest BCUT2D eigenvalue weighted by atomic mass is 9.79. The van der Waals surface area contributed by atoms with Crippen molar-refractivity contribution in [1.82, 2.24) is 60.8 Å². The van der Waals surface area contributed by atoms with Crippen LogP contribution in [0.5, 0.6) is 5.75 Å². The molecule has 27 nitrogen and oxygen atoms in total. The van der Waals surface area contributed by atoms with Crippen molar-refractivity contribution in [3.05, 3.63) is 409 Å². The van der Waals surface area contributed by atoms with E-state index in [0.29, 0.717) is 91.2 Å². The molecule has 0 fully saturated rings. The molecule has 8 amide bonds. The van der Waals surface area contributed by atoms with Crippen LogP contribution in [0.25, 0.3) is 55.1 Å². The van der Waals surface area contributed by atoms with Crippen LogP contribution in [0.4, 0.5) is 15.8 Å². The Morgan fingerprint density at radius 3 is 1.51 bits per heavy atom. The number of aliphatic imine (C=N–C) groups is 1. The Bertz CT molecular complexity index is 8090. The van der Waals surface area contributed by atoms with E-state index in [9.17, 15) is 42.7 Å². The molecule has 0 spiro atoms. The van der Waals surface area contributed by atoms with Gasteiger partial charge in [-0.15, -0.1) is 0 Å². The highest BCUT2D eigenvalue weighted by Gasteiger charge is 2.52. The molecule has 4 aliphatic carbocycles. The second-order valence-electron chi connectivity index (χ2n) is 39.3. The lowest BCUT2D eigenvalue weighted by molar-refractivity contribution is -0.127. The van der Waals surface area contributed by atoms with Crippen molar-refractivity contribution in [2.75, 3.05) is 46.6 Å². The van der Waals surface area contributed by atoms with Crippen molar-refractivity contribution in [2.24, 2.45) is 4.99 Å². The summed E-state index contributed by atoms with van der Waals surface area (Å²) in [4.78, 5) is 136. The van der Waals surface area contributed by atoms with Crippen molar-refractivity contribution in [3.8, 4) is 5.75 Å². The maximum Gasteiger partial charge on any atom is 0.291 e. The molecule has 0 bridgehead atoms. The predicted molar refractivity (Wildman–Crippen MR) is 568 cm³/mol. The molecule has 24 rings (SSSR count). The normalized spacial score (nSPS) is 17.7. The van der Waals surface area contributed by atoms with Crippen LogP contribution >= 0.6 is 0 Å². The van der Waals surface area contributed by atoms with Crippen LogP contribution in [0.1, 0.15) is 172 Å². The lowest BCUT2D eigenvalue weighted by Gasteiger charge is -2.47. The molecule has 5 aliphatic heterocycles. The molecule has 5 N–H and O–H groups in total. The molecule has 0 radical (unpaired) electrons. The summed E-state index contributed by atoms with van der Waals surface area (Å²) >= 11 is 0. The maximum atomic E-state index is 14.7. The highest BCUT2D eigenvalue weighted by Crippen LogP contribution is 2.51. The van der Waals surface area contributed by atoms with Gasteiger partial charge in [-0.05, 0) is 264 Å². The standard InChI is InChI=1S/C32H31N3O3.C31H29N3O3.C30H28N4O3.C28H23FN4O4/c1-32(2)26-18-23-7-4-5-9-24(23)25(26)19-28(30(36)33-3)35(32)31(37)29-22(14-16-38-29)13-11-20-10-12-21-8-6-15-34-27(21)17-20;1-19-25-17-23-6-3-4-8-24(23)26(25)18-28(30(35)32-2)34(19)31(36)29-22(13-15-37-29)12-10-20-9-11-21-7-5-14-33-27(21)16-20;1-18-16-32-26-13-19(8-10-25(26)33-18)7-9-20-11-12-37-28(20)30(36)34-17-22-14-21-5-3-4-6-23(21)24(22)15-27(34)29(35)31-2;1-30-27(34)24-13-20-18(11-16-3-2-4-21(29)25(16)20)14-33(24)28(35)26-17(7-10-36-26)15-37-19-5-6-22-23(12-19)32-9-8-31-22/h4-10,12,14-17,28H,11,13,18-19H2,1-3H3,(H,33,36);3-9,11,13-16,19,28H,10,12,17-18H2,1-2H3,(H,32,35);3-6,8,10-13,16,27,33H,1,7,9,14-15,17H2,2H3,(H,31,35);2-10,12,24H,11,13-15H2,1H3,(H,30,34)/t28-;19?,28-;27-;24-/m1111/s1. The predicted octanol–water partition coefficient (Wildman–Crippen LogP) is 18.9. The first kappa shape index (κ1) is 97.8. The molecule has 15 aromatic rings. The fourth-order valence-corrected chi connectivity index (χ4v) is 22.8. The third-order valence-electron chi connectivity index (χ3n) is 30.4. The Hall–Kier alpha value is -17.3. The molecule has 149 heavy (non-hydrogen) atoms. The van der Waals surface area contributed by atoms with E-state index in [-0.39, 0.29) is 78.5 Å². The number of anilines is 1. The lowest BCUT2D eigenvalue weighted by Crippen LogP contribution is -2.61. The summed E-state index contributed by atoms with van der Waals surface area (Å²) in [6, 6.07) is 66.4. The molecule has 0 saturated carbocycles. The first-order chi connectivity index (χ1) is 72.5. The van der Waals surface area contributed by atoms with Crippen LogP contribution in [0, 0.1) is 5.82 Å². The molecule has 750 valence electrons. The maximum absolute atomic E-state index is 14.7. The van der Waals surface area contributed by atoms with Crippen molar-refractivity contribution in [3.63, 3.8) is 0 Å².